The van der Waals surface area contributed by atoms with Gasteiger partial charge in [0.2, 0.25) is 0 Å². The van der Waals surface area contributed by atoms with Gasteiger partial charge in [-0.25, -0.2) is 0 Å². The summed E-state index contributed by atoms with van der Waals surface area (Å²) in [6.45, 7) is 2.05. The molecule has 0 unspecified atom stereocenters. The molecule has 4 nitrogen and oxygen atoms in total. The Hall–Kier alpha value is -7.69. The SMILES string of the molecule is C/C=C\C(=C/N)n1c2ccc(-c3ccc4ccccc4c3)cc2c2ccc3c(c21)CCc1cc2c4cc(-c5ccc6ccccc6c5)ccc4n(-c4cccnc4)c2cc1-3. The van der Waals surface area contributed by atoms with Crippen LogP contribution in [0.5, 0.6) is 0 Å². The Bertz CT molecular complexity index is 3620. The van der Waals surface area contributed by atoms with E-state index in [4.69, 9.17) is 5.73 Å². The van der Waals surface area contributed by atoms with Crippen molar-refractivity contribution in [2.75, 3.05) is 0 Å². The molecule has 0 saturated carbocycles. The first kappa shape index (κ1) is 34.4. The lowest BCUT2D eigenvalue weighted by Crippen LogP contribution is -2.08. The maximum atomic E-state index is 6.46. The van der Waals surface area contributed by atoms with E-state index in [1.165, 1.54) is 104 Å². The molecule has 0 radical (unpaired) electrons. The van der Waals surface area contributed by atoms with E-state index in [-0.39, 0.29) is 0 Å². The Balaban J connectivity index is 1.08. The van der Waals surface area contributed by atoms with Crippen molar-refractivity contribution in [3.05, 3.63) is 200 Å². The quantitative estimate of drug-likeness (QED) is 0.177. The summed E-state index contributed by atoms with van der Waals surface area (Å²) in [6, 6.07) is 58.3. The van der Waals surface area contributed by atoms with Gasteiger partial charge in [-0.3, -0.25) is 4.98 Å². The molecular weight excluding hydrogens is 729 g/mol. The van der Waals surface area contributed by atoms with Crippen LogP contribution in [0.1, 0.15) is 18.1 Å². The van der Waals surface area contributed by atoms with Crippen molar-refractivity contribution in [2.24, 2.45) is 5.73 Å². The second-order valence-corrected chi connectivity index (χ2v) is 16.1. The number of nitrogens with zero attached hydrogens (tertiary/aromatic N) is 3. The van der Waals surface area contributed by atoms with Crippen molar-refractivity contribution in [3.8, 4) is 39.1 Å². The van der Waals surface area contributed by atoms with Gasteiger partial charge in [0.1, 0.15) is 0 Å². The lowest BCUT2D eigenvalue weighted by molar-refractivity contribution is 0.946. The van der Waals surface area contributed by atoms with Crippen LogP contribution in [-0.4, -0.2) is 14.1 Å². The Morgan fingerprint density at radius 2 is 1.18 bits per heavy atom. The van der Waals surface area contributed by atoms with Gasteiger partial charge in [0.15, 0.2) is 0 Å². The lowest BCUT2D eigenvalue weighted by Gasteiger charge is -2.23. The van der Waals surface area contributed by atoms with E-state index < -0.39 is 0 Å². The second kappa shape index (κ2) is 13.4. The van der Waals surface area contributed by atoms with E-state index in [0.29, 0.717) is 0 Å². The average molecular weight is 769 g/mol. The molecule has 12 rings (SSSR count). The van der Waals surface area contributed by atoms with Crippen molar-refractivity contribution in [2.45, 2.75) is 19.8 Å². The highest BCUT2D eigenvalue weighted by Gasteiger charge is 2.26. The van der Waals surface area contributed by atoms with Crippen molar-refractivity contribution in [1.82, 2.24) is 14.1 Å². The zero-order chi connectivity index (χ0) is 39.9. The van der Waals surface area contributed by atoms with Crippen LogP contribution in [0.15, 0.2) is 188 Å². The van der Waals surface area contributed by atoms with Gasteiger partial charge < -0.3 is 14.9 Å². The molecule has 1 aliphatic carbocycles. The number of benzene rings is 8. The molecule has 0 bridgehead atoms. The summed E-state index contributed by atoms with van der Waals surface area (Å²) in [6.07, 6.45) is 11.6. The predicted octanol–water partition coefficient (Wildman–Crippen LogP) is 14.0. The number of allylic oxidation sites excluding steroid dienone is 3. The Morgan fingerprint density at radius 1 is 0.550 bits per heavy atom. The predicted molar refractivity (Wildman–Crippen MR) is 254 cm³/mol. The molecule has 8 aromatic carbocycles. The second-order valence-electron chi connectivity index (χ2n) is 16.1. The minimum Gasteiger partial charge on any atom is -0.403 e. The van der Waals surface area contributed by atoms with Crippen LogP contribution in [0, 0.1) is 0 Å². The third-order valence-electron chi connectivity index (χ3n) is 12.8. The highest BCUT2D eigenvalue weighted by Crippen LogP contribution is 2.46. The van der Waals surface area contributed by atoms with Crippen LogP contribution in [0.2, 0.25) is 0 Å². The van der Waals surface area contributed by atoms with Gasteiger partial charge in [-0.15, -0.1) is 0 Å². The molecule has 0 aliphatic heterocycles. The fourth-order valence-electron chi connectivity index (χ4n) is 10.0. The molecule has 1 aliphatic rings. The molecule has 3 aromatic heterocycles. The number of fused-ring (bicyclic) bond motifs is 12. The monoisotopic (exact) mass is 768 g/mol. The van der Waals surface area contributed by atoms with E-state index in [9.17, 15) is 0 Å². The molecular formula is C56H40N4. The topological polar surface area (TPSA) is 48.8 Å². The molecule has 284 valence electrons. The van der Waals surface area contributed by atoms with E-state index in [2.05, 4.69) is 185 Å². The summed E-state index contributed by atoms with van der Waals surface area (Å²) < 4.78 is 4.78. The molecule has 2 N–H and O–H groups in total. The van der Waals surface area contributed by atoms with Crippen LogP contribution in [0.4, 0.5) is 0 Å². The average Bonchev–Trinajstić information content (AvgIpc) is 3.81. The number of pyridine rings is 1. The third kappa shape index (κ3) is 5.20. The van der Waals surface area contributed by atoms with Crippen LogP contribution < -0.4 is 5.73 Å². The summed E-state index contributed by atoms with van der Waals surface area (Å²) in [4.78, 5) is 4.57. The van der Waals surface area contributed by atoms with Crippen molar-refractivity contribution >= 4 is 70.9 Å². The zero-order valence-corrected chi connectivity index (χ0v) is 33.2. The van der Waals surface area contributed by atoms with E-state index >= 15 is 0 Å². The summed E-state index contributed by atoms with van der Waals surface area (Å²) in [5.41, 5.74) is 23.3. The molecule has 4 heteroatoms. The number of nitrogens with two attached hydrogens (primary N) is 1. The summed E-state index contributed by atoms with van der Waals surface area (Å²) in [7, 11) is 0. The smallest absolute Gasteiger partial charge is 0.0645 e. The zero-order valence-electron chi connectivity index (χ0n) is 33.2. The van der Waals surface area contributed by atoms with Gasteiger partial charge in [-0.1, -0.05) is 103 Å². The number of rotatable bonds is 5. The van der Waals surface area contributed by atoms with Crippen LogP contribution in [0.25, 0.3) is 110 Å². The first-order valence-corrected chi connectivity index (χ1v) is 20.8. The maximum Gasteiger partial charge on any atom is 0.0645 e. The normalized spacial score (nSPS) is 13.1. The van der Waals surface area contributed by atoms with Crippen LogP contribution in [0.3, 0.4) is 0 Å². The highest BCUT2D eigenvalue weighted by molar-refractivity contribution is 6.16. The van der Waals surface area contributed by atoms with Crippen molar-refractivity contribution in [1.29, 1.82) is 0 Å². The highest BCUT2D eigenvalue weighted by atomic mass is 15.0. The Morgan fingerprint density at radius 3 is 1.85 bits per heavy atom. The Kier molecular flexibility index (Phi) is 7.69. The third-order valence-corrected chi connectivity index (χ3v) is 12.8. The van der Waals surface area contributed by atoms with E-state index in [1.807, 2.05) is 18.5 Å². The molecule has 0 fully saturated rings. The number of aromatic nitrogens is 3. The maximum absolute atomic E-state index is 6.46. The molecule has 0 spiro atoms. The van der Waals surface area contributed by atoms with Crippen LogP contribution in [-0.2, 0) is 12.8 Å². The standard InChI is InChI=1S/C56H40N4/c1-2-8-44(33-57)60-54-25-20-41(39-16-14-35-9-3-5-11-37(35)27-39)29-50(54)48-23-22-46-47(56(48)60)21-18-43-31-52-51-30-42(40-17-15-36-10-4-6-12-38(36)28-40)19-24-53(51)59(55(52)32-49(43)46)45-13-7-26-58-34-45/h2-17,19-20,22-34H,18,21,57H2,1H3/b8-2-,44-33+. The van der Waals surface area contributed by atoms with Gasteiger partial charge in [-0.05, 0) is 153 Å². The van der Waals surface area contributed by atoms with E-state index in [1.54, 1.807) is 6.20 Å². The minimum absolute atomic E-state index is 0.927. The Labute approximate surface area is 347 Å². The van der Waals surface area contributed by atoms with Crippen molar-refractivity contribution in [3.63, 3.8) is 0 Å². The first-order chi connectivity index (χ1) is 29.6. The van der Waals surface area contributed by atoms with Crippen molar-refractivity contribution < 1.29 is 0 Å². The molecule has 0 saturated heterocycles. The van der Waals surface area contributed by atoms with Gasteiger partial charge in [0.25, 0.3) is 0 Å². The summed E-state index contributed by atoms with van der Waals surface area (Å²) >= 11 is 0. The number of aryl methyl sites for hydroxylation is 2. The van der Waals surface area contributed by atoms with E-state index in [0.717, 1.165) is 29.7 Å². The molecule has 3 heterocycles. The molecule has 60 heavy (non-hydrogen) atoms. The summed E-state index contributed by atoms with van der Waals surface area (Å²) in [5, 5.41) is 9.97. The number of hydrogen-bond donors (Lipinski definition) is 1. The lowest BCUT2D eigenvalue weighted by atomic mass is 9.83. The van der Waals surface area contributed by atoms with Crippen LogP contribution >= 0.6 is 0 Å². The minimum atomic E-state index is 0.927. The fourth-order valence-corrected chi connectivity index (χ4v) is 10.0. The van der Waals surface area contributed by atoms with Gasteiger partial charge in [-0.2, -0.15) is 0 Å². The summed E-state index contributed by atoms with van der Waals surface area (Å²) in [5.74, 6) is 0. The first-order valence-electron chi connectivity index (χ1n) is 20.8. The van der Waals surface area contributed by atoms with Gasteiger partial charge >= 0.3 is 0 Å². The largest absolute Gasteiger partial charge is 0.403 e. The molecule has 0 amide bonds. The molecule has 0 atom stereocenters. The fraction of sp³-hybridized carbons (Fsp3) is 0.0536. The van der Waals surface area contributed by atoms with Gasteiger partial charge in [0, 0.05) is 33.9 Å². The number of hydrogen-bond acceptors (Lipinski definition) is 2. The molecule has 11 aromatic rings. The van der Waals surface area contributed by atoms with Gasteiger partial charge in [0.05, 0.1) is 39.6 Å².